The Morgan fingerprint density at radius 2 is 0.370 bits per heavy atom. The fourth-order valence-electron chi connectivity index (χ4n) is 5.35. The van der Waals surface area contributed by atoms with Crippen LogP contribution in [0, 0.1) is 0 Å². The maximum atomic E-state index is 8.63. The number of aryl methyl sites for hydroxylation is 3. The van der Waals surface area contributed by atoms with Gasteiger partial charge in [-0.2, -0.15) is 0 Å². The molecule has 3 nitrogen and oxygen atoms in total. The highest BCUT2D eigenvalue weighted by Crippen LogP contribution is 2.18. The fourth-order valence-corrected chi connectivity index (χ4v) is 7.31. The number of rotatable bonds is 5. The lowest BCUT2D eigenvalue weighted by Gasteiger charge is -1.98. The number of phenolic OH excluding ortho intramolecular Hbond substituents is 3. The molecule has 0 atom stereocenters. The van der Waals surface area contributed by atoms with E-state index >= 15 is 0 Å². The summed E-state index contributed by atoms with van der Waals surface area (Å²) in [6.07, 6.45) is 8.53. The lowest BCUT2D eigenvalue weighted by Crippen LogP contribution is -1.73. The van der Waals surface area contributed by atoms with Gasteiger partial charge in [-0.05, 0) is 112 Å². The summed E-state index contributed by atoms with van der Waals surface area (Å²) in [6, 6.07) is 80.4. The summed E-state index contributed by atoms with van der Waals surface area (Å²) in [7, 11) is 0. The lowest BCUT2D eigenvalue weighted by atomic mass is 10.1. The minimum absolute atomic E-state index is 0. The Morgan fingerprint density at radius 3 is 0.457 bits per heavy atom. The van der Waals surface area contributed by atoms with Crippen LogP contribution < -0.4 is 0 Å². The second-order valence-corrected chi connectivity index (χ2v) is 19.7. The molecule has 6 heteroatoms. The highest BCUT2D eigenvalue weighted by atomic mass is 32.1. The van der Waals surface area contributed by atoms with E-state index in [0.717, 1.165) is 0 Å². The van der Waals surface area contributed by atoms with E-state index in [2.05, 4.69) is 226 Å². The number of hydrogen-bond acceptors (Lipinski definition) is 6. The van der Waals surface area contributed by atoms with Gasteiger partial charge in [-0.3, -0.25) is 0 Å². The Balaban J connectivity index is -0.000000265. The maximum absolute atomic E-state index is 8.63. The first-order chi connectivity index (χ1) is 38.1. The molecular formula is C75H106O3S3. The predicted molar refractivity (Wildman–Crippen MR) is 373 cm³/mol. The van der Waals surface area contributed by atoms with Crippen LogP contribution in [-0.2, 0) is 19.3 Å². The van der Waals surface area contributed by atoms with E-state index in [1.165, 1.54) is 81.8 Å². The van der Waals surface area contributed by atoms with Gasteiger partial charge in [0.25, 0.3) is 0 Å². The van der Waals surface area contributed by atoms with Crippen molar-refractivity contribution in [2.24, 2.45) is 0 Å². The molecule has 10 aromatic rings. The number of benzene rings is 7. The number of para-hydroxylation sites is 3. The second-order valence-electron chi connectivity index (χ2n) is 16.6. The van der Waals surface area contributed by atoms with E-state index < -0.39 is 0 Å². The van der Waals surface area contributed by atoms with Gasteiger partial charge in [-0.1, -0.05) is 318 Å². The van der Waals surface area contributed by atoms with E-state index in [-0.39, 0.29) is 22.3 Å². The summed E-state index contributed by atoms with van der Waals surface area (Å²) in [4.78, 5) is 4.42. The zero-order valence-electron chi connectivity index (χ0n) is 48.9. The Kier molecular flexibility index (Phi) is 65.3. The Labute approximate surface area is 508 Å². The average Bonchev–Trinajstić information content (AvgIpc) is 4.34. The molecule has 0 amide bonds. The normalized spacial score (nSPS) is 8.38. The SMILES string of the molecule is C.C.C.CCC.CCC.CCC.CCC.CCc1cccs1.CCc1cccs1.CCc1cccs1.Oc1ccccc1.Oc1ccccc1.Oc1ccccc1.c1ccc(-c2ccccc2)cc1.c1ccc(-c2ccccc2)cc1. The van der Waals surface area contributed by atoms with E-state index in [0.29, 0.717) is 17.2 Å². The third-order valence-electron chi connectivity index (χ3n) is 8.82. The minimum Gasteiger partial charge on any atom is -0.508 e. The van der Waals surface area contributed by atoms with Crippen LogP contribution in [0.3, 0.4) is 0 Å². The fraction of sp³-hybridized carbons (Fsp3) is 0.280. The van der Waals surface area contributed by atoms with Crippen molar-refractivity contribution in [1.29, 1.82) is 0 Å². The van der Waals surface area contributed by atoms with E-state index in [1.807, 2.05) is 76.5 Å². The summed E-state index contributed by atoms with van der Waals surface area (Å²) >= 11 is 5.47. The quantitative estimate of drug-likeness (QED) is 0.161. The monoisotopic (exact) mass is 1150 g/mol. The molecule has 0 spiro atoms. The summed E-state index contributed by atoms with van der Waals surface area (Å²) in [5, 5.41) is 32.2. The maximum Gasteiger partial charge on any atom is 0.115 e. The third kappa shape index (κ3) is 52.2. The standard InChI is InChI=1S/2C12H10.3C6H6O.3C6H8S.4C3H8.3CH4/c2*1-3-7-11(8-4-1)12-9-5-2-6-10-12;3*7-6-4-2-1-3-5-6;3*1-2-6-4-3-5-7-6;4*1-3-2;;;/h2*1-10H;3*1-5,7H;3*3-5H,2H2,1H3;4*3H2,1-2H3;3*1H4. The Hall–Kier alpha value is -6.96. The van der Waals surface area contributed by atoms with Gasteiger partial charge >= 0.3 is 0 Å². The van der Waals surface area contributed by atoms with Gasteiger partial charge in [-0.25, -0.2) is 0 Å². The first-order valence-corrected chi connectivity index (χ1v) is 30.2. The van der Waals surface area contributed by atoms with Gasteiger partial charge in [-0.15, -0.1) is 34.0 Å². The molecule has 0 bridgehead atoms. The average molecular weight is 1150 g/mol. The van der Waals surface area contributed by atoms with Crippen molar-refractivity contribution in [1.82, 2.24) is 0 Å². The van der Waals surface area contributed by atoms with Gasteiger partial charge in [0.15, 0.2) is 0 Å². The van der Waals surface area contributed by atoms with Gasteiger partial charge in [0, 0.05) is 14.6 Å². The molecule has 7 aromatic carbocycles. The van der Waals surface area contributed by atoms with Gasteiger partial charge in [0.1, 0.15) is 17.2 Å². The van der Waals surface area contributed by atoms with Crippen LogP contribution in [0.5, 0.6) is 17.2 Å². The number of phenols is 3. The molecule has 0 aliphatic rings. The molecule has 0 aliphatic heterocycles. The molecule has 0 aliphatic carbocycles. The van der Waals surface area contributed by atoms with Crippen molar-refractivity contribution in [3.8, 4) is 39.5 Å². The molecule has 3 heterocycles. The first kappa shape index (κ1) is 82.9. The predicted octanol–water partition coefficient (Wildman–Crippen LogP) is 25.4. The summed E-state index contributed by atoms with van der Waals surface area (Å²) in [5.74, 6) is 0.965. The molecule has 0 saturated heterocycles. The summed E-state index contributed by atoms with van der Waals surface area (Å²) < 4.78 is 0. The number of thiophene rings is 3. The van der Waals surface area contributed by atoms with Crippen LogP contribution in [0.25, 0.3) is 22.3 Å². The third-order valence-corrected chi connectivity index (χ3v) is 11.9. The molecule has 0 radical (unpaired) electrons. The Morgan fingerprint density at radius 1 is 0.222 bits per heavy atom. The topological polar surface area (TPSA) is 60.7 Å². The van der Waals surface area contributed by atoms with Crippen LogP contribution in [0.1, 0.15) is 139 Å². The van der Waals surface area contributed by atoms with Crippen LogP contribution in [0.15, 0.2) is 265 Å². The van der Waals surface area contributed by atoms with Crippen molar-refractivity contribution in [3.63, 3.8) is 0 Å². The molecule has 81 heavy (non-hydrogen) atoms. The zero-order valence-corrected chi connectivity index (χ0v) is 51.4. The minimum atomic E-state index is 0. The molecule has 3 N–H and O–H groups in total. The van der Waals surface area contributed by atoms with Gasteiger partial charge < -0.3 is 15.3 Å². The number of hydrogen-bond donors (Lipinski definition) is 3. The molecule has 3 aromatic heterocycles. The Bertz CT molecular complexity index is 2250. The van der Waals surface area contributed by atoms with Crippen LogP contribution in [0.2, 0.25) is 0 Å². The van der Waals surface area contributed by atoms with E-state index in [4.69, 9.17) is 15.3 Å². The van der Waals surface area contributed by atoms with E-state index in [9.17, 15) is 0 Å². The second kappa shape index (κ2) is 63.9. The van der Waals surface area contributed by atoms with Crippen molar-refractivity contribution in [3.05, 3.63) is 279 Å². The van der Waals surface area contributed by atoms with Crippen LogP contribution >= 0.6 is 34.0 Å². The first-order valence-electron chi connectivity index (χ1n) is 27.6. The lowest BCUT2D eigenvalue weighted by molar-refractivity contribution is 0.475. The molecule has 0 fully saturated rings. The molecule has 10 rings (SSSR count). The highest BCUT2D eigenvalue weighted by molar-refractivity contribution is 7.10. The molecule has 0 unspecified atom stereocenters. The number of aromatic hydroxyl groups is 3. The highest BCUT2D eigenvalue weighted by Gasteiger charge is 1.93. The zero-order chi connectivity index (χ0) is 58.0. The summed E-state index contributed by atoms with van der Waals surface area (Å²) in [6.45, 7) is 23.5. The van der Waals surface area contributed by atoms with E-state index in [1.54, 1.807) is 72.8 Å². The van der Waals surface area contributed by atoms with Crippen molar-refractivity contribution in [2.75, 3.05) is 0 Å². The van der Waals surface area contributed by atoms with Crippen LogP contribution in [-0.4, -0.2) is 15.3 Å². The molecular weight excluding hydrogens is 1050 g/mol. The van der Waals surface area contributed by atoms with Crippen molar-refractivity contribution in [2.45, 2.75) is 143 Å². The molecule has 0 saturated carbocycles. The smallest absolute Gasteiger partial charge is 0.115 e. The van der Waals surface area contributed by atoms with Crippen LogP contribution in [0.4, 0.5) is 0 Å². The van der Waals surface area contributed by atoms with Gasteiger partial charge in [0.05, 0.1) is 0 Å². The van der Waals surface area contributed by atoms with Crippen molar-refractivity contribution < 1.29 is 15.3 Å². The summed E-state index contributed by atoms with van der Waals surface area (Å²) in [5.41, 5.74) is 5.10. The molecule has 442 valence electrons. The van der Waals surface area contributed by atoms with Crippen molar-refractivity contribution >= 4 is 34.0 Å². The van der Waals surface area contributed by atoms with Gasteiger partial charge in [0.2, 0.25) is 0 Å². The largest absolute Gasteiger partial charge is 0.508 e.